The second kappa shape index (κ2) is 6.40. The summed E-state index contributed by atoms with van der Waals surface area (Å²) in [6, 6.07) is 10.7. The molecule has 2 rings (SSSR count). The Hall–Kier alpha value is -1.35. The standard InChI is InChI=1S/C17H26N2O/c1-17(2,18-3)16(20)19-11-9-15(10-12-19)13-14-7-5-4-6-8-14/h4-8,15,18H,9-13H2,1-3H3. The largest absolute Gasteiger partial charge is 0.341 e. The van der Waals surface area contributed by atoms with E-state index in [2.05, 4.69) is 35.6 Å². The number of nitrogens with one attached hydrogen (secondary N) is 1. The highest BCUT2D eigenvalue weighted by Gasteiger charge is 2.32. The average molecular weight is 274 g/mol. The molecule has 1 aliphatic heterocycles. The lowest BCUT2D eigenvalue weighted by molar-refractivity contribution is -0.138. The number of hydrogen-bond acceptors (Lipinski definition) is 2. The molecule has 1 aromatic rings. The minimum Gasteiger partial charge on any atom is -0.341 e. The van der Waals surface area contributed by atoms with Crippen LogP contribution in [0.25, 0.3) is 0 Å². The summed E-state index contributed by atoms with van der Waals surface area (Å²) in [5, 5.41) is 3.10. The van der Waals surface area contributed by atoms with E-state index in [4.69, 9.17) is 0 Å². The summed E-state index contributed by atoms with van der Waals surface area (Å²) in [7, 11) is 1.85. The molecule has 1 saturated heterocycles. The number of carbonyl (C=O) groups excluding carboxylic acids is 1. The monoisotopic (exact) mass is 274 g/mol. The zero-order valence-electron chi connectivity index (χ0n) is 12.9. The molecular weight excluding hydrogens is 248 g/mol. The second-order valence-electron chi connectivity index (χ2n) is 6.30. The Kier molecular flexibility index (Phi) is 4.81. The van der Waals surface area contributed by atoms with Crippen LogP contribution in [-0.4, -0.2) is 36.5 Å². The first-order valence-corrected chi connectivity index (χ1v) is 7.55. The van der Waals surface area contributed by atoms with Crippen LogP contribution in [0.3, 0.4) is 0 Å². The smallest absolute Gasteiger partial charge is 0.242 e. The van der Waals surface area contributed by atoms with Crippen molar-refractivity contribution in [2.45, 2.75) is 38.6 Å². The first kappa shape index (κ1) is 15.0. The molecule has 0 aliphatic carbocycles. The molecule has 1 aromatic carbocycles. The first-order valence-electron chi connectivity index (χ1n) is 7.55. The Balaban J connectivity index is 1.85. The van der Waals surface area contributed by atoms with Crippen molar-refractivity contribution in [2.24, 2.45) is 5.92 Å². The van der Waals surface area contributed by atoms with E-state index in [-0.39, 0.29) is 5.91 Å². The maximum atomic E-state index is 12.4. The van der Waals surface area contributed by atoms with Gasteiger partial charge >= 0.3 is 0 Å². The topological polar surface area (TPSA) is 32.3 Å². The maximum absolute atomic E-state index is 12.4. The lowest BCUT2D eigenvalue weighted by Gasteiger charge is -2.37. The maximum Gasteiger partial charge on any atom is 0.242 e. The summed E-state index contributed by atoms with van der Waals surface area (Å²) in [4.78, 5) is 14.4. The molecule has 0 aromatic heterocycles. The highest BCUT2D eigenvalue weighted by Crippen LogP contribution is 2.23. The van der Waals surface area contributed by atoms with Crippen molar-refractivity contribution in [1.29, 1.82) is 0 Å². The van der Waals surface area contributed by atoms with E-state index in [1.54, 1.807) is 0 Å². The van der Waals surface area contributed by atoms with E-state index in [1.165, 1.54) is 5.56 Å². The van der Waals surface area contributed by atoms with Crippen LogP contribution in [0.4, 0.5) is 0 Å². The Labute approximate surface area is 122 Å². The van der Waals surface area contributed by atoms with Crippen LogP contribution >= 0.6 is 0 Å². The number of rotatable bonds is 4. The number of likely N-dealkylation sites (N-methyl/N-ethyl adjacent to an activating group) is 1. The van der Waals surface area contributed by atoms with Crippen LogP contribution in [0.15, 0.2) is 30.3 Å². The summed E-state index contributed by atoms with van der Waals surface area (Å²) in [5.74, 6) is 0.928. The molecule has 0 bridgehead atoms. The van der Waals surface area contributed by atoms with Gasteiger partial charge in [0.1, 0.15) is 0 Å². The number of carbonyl (C=O) groups is 1. The Morgan fingerprint density at radius 3 is 2.40 bits per heavy atom. The zero-order chi connectivity index (χ0) is 14.6. The Morgan fingerprint density at radius 2 is 1.85 bits per heavy atom. The zero-order valence-corrected chi connectivity index (χ0v) is 12.9. The van der Waals surface area contributed by atoms with Crippen LogP contribution in [0.1, 0.15) is 32.3 Å². The highest BCUT2D eigenvalue weighted by molar-refractivity contribution is 5.85. The van der Waals surface area contributed by atoms with Gasteiger partial charge in [-0.25, -0.2) is 0 Å². The first-order chi connectivity index (χ1) is 9.53. The quantitative estimate of drug-likeness (QED) is 0.915. The molecule has 1 heterocycles. The predicted molar refractivity (Wildman–Crippen MR) is 82.6 cm³/mol. The van der Waals surface area contributed by atoms with Gasteiger partial charge in [-0.3, -0.25) is 4.79 Å². The van der Waals surface area contributed by atoms with Crippen molar-refractivity contribution in [3.05, 3.63) is 35.9 Å². The molecule has 3 nitrogen and oxygen atoms in total. The van der Waals surface area contributed by atoms with Crippen molar-refractivity contribution in [1.82, 2.24) is 10.2 Å². The molecule has 0 radical (unpaired) electrons. The fourth-order valence-electron chi connectivity index (χ4n) is 2.79. The summed E-state index contributed by atoms with van der Waals surface area (Å²) < 4.78 is 0. The average Bonchev–Trinajstić information content (AvgIpc) is 2.48. The minimum atomic E-state index is -0.452. The van der Waals surface area contributed by atoms with Crippen LogP contribution < -0.4 is 5.32 Å². The van der Waals surface area contributed by atoms with Gasteiger partial charge in [0, 0.05) is 13.1 Å². The van der Waals surface area contributed by atoms with Gasteiger partial charge in [0.2, 0.25) is 5.91 Å². The van der Waals surface area contributed by atoms with Crippen molar-refractivity contribution in [3.8, 4) is 0 Å². The molecule has 1 fully saturated rings. The lowest BCUT2D eigenvalue weighted by Crippen LogP contribution is -2.54. The second-order valence-corrected chi connectivity index (χ2v) is 6.30. The molecule has 110 valence electrons. The third-order valence-corrected chi connectivity index (χ3v) is 4.43. The van der Waals surface area contributed by atoms with Gasteiger partial charge in [-0.2, -0.15) is 0 Å². The molecule has 3 heteroatoms. The van der Waals surface area contributed by atoms with Gasteiger partial charge in [0.25, 0.3) is 0 Å². The molecule has 0 saturated carbocycles. The summed E-state index contributed by atoms with van der Waals surface area (Å²) in [6.07, 6.45) is 3.36. The summed E-state index contributed by atoms with van der Waals surface area (Å²) in [5.41, 5.74) is 0.958. The highest BCUT2D eigenvalue weighted by atomic mass is 16.2. The molecule has 1 aliphatic rings. The lowest BCUT2D eigenvalue weighted by atomic mass is 9.89. The number of nitrogens with zero attached hydrogens (tertiary/aromatic N) is 1. The van der Waals surface area contributed by atoms with Crippen molar-refractivity contribution >= 4 is 5.91 Å². The fraction of sp³-hybridized carbons (Fsp3) is 0.588. The van der Waals surface area contributed by atoms with Gasteiger partial charge in [0.15, 0.2) is 0 Å². The van der Waals surface area contributed by atoms with Crippen LogP contribution in [0.2, 0.25) is 0 Å². The Bertz CT molecular complexity index is 434. The van der Waals surface area contributed by atoms with Gasteiger partial charge < -0.3 is 10.2 Å². The van der Waals surface area contributed by atoms with E-state index in [1.807, 2.05) is 25.8 Å². The number of hydrogen-bond donors (Lipinski definition) is 1. The van der Waals surface area contributed by atoms with Gasteiger partial charge in [0.05, 0.1) is 5.54 Å². The number of piperidine rings is 1. The van der Waals surface area contributed by atoms with Crippen LogP contribution in [0.5, 0.6) is 0 Å². The van der Waals surface area contributed by atoms with Crippen molar-refractivity contribution < 1.29 is 4.79 Å². The van der Waals surface area contributed by atoms with E-state index in [9.17, 15) is 4.79 Å². The molecule has 0 spiro atoms. The molecule has 1 amide bonds. The van der Waals surface area contributed by atoms with Gasteiger partial charge in [-0.15, -0.1) is 0 Å². The predicted octanol–water partition coefficient (Wildman–Crippen LogP) is 2.47. The van der Waals surface area contributed by atoms with Crippen LogP contribution in [0, 0.1) is 5.92 Å². The fourth-order valence-corrected chi connectivity index (χ4v) is 2.79. The minimum absolute atomic E-state index is 0.221. The van der Waals surface area contributed by atoms with Crippen molar-refractivity contribution in [2.75, 3.05) is 20.1 Å². The molecule has 0 unspecified atom stereocenters. The van der Waals surface area contributed by atoms with Gasteiger partial charge in [-0.1, -0.05) is 30.3 Å². The summed E-state index contributed by atoms with van der Waals surface area (Å²) >= 11 is 0. The van der Waals surface area contributed by atoms with E-state index >= 15 is 0 Å². The molecule has 0 atom stereocenters. The summed E-state index contributed by atoms with van der Waals surface area (Å²) in [6.45, 7) is 5.68. The SMILES string of the molecule is CNC(C)(C)C(=O)N1CCC(Cc2ccccc2)CC1. The Morgan fingerprint density at radius 1 is 1.25 bits per heavy atom. The number of benzene rings is 1. The third kappa shape index (κ3) is 3.60. The normalized spacial score (nSPS) is 17.2. The van der Waals surface area contributed by atoms with E-state index in [0.29, 0.717) is 5.92 Å². The van der Waals surface area contributed by atoms with E-state index < -0.39 is 5.54 Å². The molecule has 20 heavy (non-hydrogen) atoms. The number of likely N-dealkylation sites (tertiary alicyclic amines) is 1. The molecular formula is C17H26N2O. The van der Waals surface area contributed by atoms with E-state index in [0.717, 1.165) is 32.4 Å². The number of amides is 1. The van der Waals surface area contributed by atoms with Crippen molar-refractivity contribution in [3.63, 3.8) is 0 Å². The third-order valence-electron chi connectivity index (χ3n) is 4.43. The van der Waals surface area contributed by atoms with Crippen LogP contribution in [-0.2, 0) is 11.2 Å². The molecule has 1 N–H and O–H groups in total. The van der Waals surface area contributed by atoms with Gasteiger partial charge in [-0.05, 0) is 51.6 Å².